The molecule has 0 spiro atoms. The van der Waals surface area contributed by atoms with E-state index in [1.54, 1.807) is 7.11 Å². The van der Waals surface area contributed by atoms with Crippen molar-refractivity contribution in [2.45, 2.75) is 25.4 Å². The van der Waals surface area contributed by atoms with Gasteiger partial charge in [-0.25, -0.2) is 4.79 Å². The largest absolute Gasteiger partial charge is 0.496 e. The van der Waals surface area contributed by atoms with Gasteiger partial charge in [0, 0.05) is 36.9 Å². The fraction of sp³-hybridized carbons (Fsp3) is 0.269. The number of para-hydroxylation sites is 2. The first kappa shape index (κ1) is 20.9. The van der Waals surface area contributed by atoms with E-state index in [0.717, 1.165) is 49.5 Å². The second-order valence-electron chi connectivity index (χ2n) is 7.92. The Hall–Kier alpha value is -3.31. The molecule has 0 unspecified atom stereocenters. The molecule has 0 bridgehead atoms. The molecule has 31 heavy (non-hydrogen) atoms. The Morgan fingerprint density at radius 3 is 2.48 bits per heavy atom. The zero-order chi connectivity index (χ0) is 21.5. The van der Waals surface area contributed by atoms with Crippen LogP contribution >= 0.6 is 0 Å². The molecule has 2 N–H and O–H groups in total. The normalized spacial score (nSPS) is 14.7. The number of carbonyl (C=O) groups is 1. The summed E-state index contributed by atoms with van der Waals surface area (Å²) in [5.41, 5.74) is 4.38. The number of methoxy groups -OCH3 is 1. The van der Waals surface area contributed by atoms with Gasteiger partial charge in [0.15, 0.2) is 0 Å². The highest BCUT2D eigenvalue weighted by molar-refractivity contribution is 5.89. The van der Waals surface area contributed by atoms with E-state index in [0.29, 0.717) is 0 Å². The molecule has 3 aromatic rings. The fourth-order valence-corrected chi connectivity index (χ4v) is 4.09. The maximum absolute atomic E-state index is 12.2. The molecule has 0 atom stereocenters. The van der Waals surface area contributed by atoms with Crippen LogP contribution in [0.1, 0.15) is 18.4 Å². The third kappa shape index (κ3) is 5.64. The van der Waals surface area contributed by atoms with Gasteiger partial charge in [0.1, 0.15) is 5.75 Å². The molecule has 0 aliphatic carbocycles. The van der Waals surface area contributed by atoms with E-state index < -0.39 is 0 Å². The van der Waals surface area contributed by atoms with Gasteiger partial charge >= 0.3 is 6.03 Å². The minimum absolute atomic E-state index is 0.130. The Morgan fingerprint density at radius 1 is 0.968 bits per heavy atom. The van der Waals surface area contributed by atoms with Crippen LogP contribution in [0.4, 0.5) is 10.5 Å². The average Bonchev–Trinajstić information content (AvgIpc) is 2.81. The summed E-state index contributed by atoms with van der Waals surface area (Å²) in [6, 6.07) is 26.4. The van der Waals surface area contributed by atoms with E-state index in [-0.39, 0.29) is 12.1 Å². The maximum Gasteiger partial charge on any atom is 0.319 e. The molecular formula is C26H29N3O2. The zero-order valence-electron chi connectivity index (χ0n) is 17.9. The van der Waals surface area contributed by atoms with Crippen molar-refractivity contribution in [2.24, 2.45) is 0 Å². The molecule has 0 saturated carbocycles. The summed E-state index contributed by atoms with van der Waals surface area (Å²) >= 11 is 0. The minimum Gasteiger partial charge on any atom is -0.496 e. The van der Waals surface area contributed by atoms with Gasteiger partial charge in [-0.15, -0.1) is 0 Å². The van der Waals surface area contributed by atoms with Crippen LogP contribution in [0.25, 0.3) is 11.1 Å². The molecule has 1 saturated heterocycles. The van der Waals surface area contributed by atoms with Crippen LogP contribution < -0.4 is 15.4 Å². The topological polar surface area (TPSA) is 53.6 Å². The number of amides is 2. The molecule has 1 aliphatic rings. The summed E-state index contributed by atoms with van der Waals surface area (Å²) < 4.78 is 5.52. The molecule has 4 rings (SSSR count). The van der Waals surface area contributed by atoms with Crippen LogP contribution in [-0.2, 0) is 6.54 Å². The van der Waals surface area contributed by atoms with Crippen LogP contribution in [0.2, 0.25) is 0 Å². The molecule has 5 nitrogen and oxygen atoms in total. The van der Waals surface area contributed by atoms with Gasteiger partial charge < -0.3 is 15.4 Å². The van der Waals surface area contributed by atoms with Crippen molar-refractivity contribution < 1.29 is 9.53 Å². The van der Waals surface area contributed by atoms with Gasteiger partial charge in [0.2, 0.25) is 0 Å². The molecule has 2 amide bonds. The van der Waals surface area contributed by atoms with Gasteiger partial charge in [0.25, 0.3) is 0 Å². The van der Waals surface area contributed by atoms with Crippen molar-refractivity contribution in [3.63, 3.8) is 0 Å². The first-order chi connectivity index (χ1) is 15.2. The second-order valence-corrected chi connectivity index (χ2v) is 7.92. The minimum atomic E-state index is -0.130. The Bertz CT molecular complexity index is 998. The SMILES string of the molecule is COc1ccccc1-c1cccc(CN2CCC(NC(=O)Nc3ccccc3)CC2)c1. The number of nitrogens with zero attached hydrogens (tertiary/aromatic N) is 1. The van der Waals surface area contributed by atoms with E-state index in [9.17, 15) is 4.79 Å². The van der Waals surface area contributed by atoms with Crippen molar-refractivity contribution >= 4 is 11.7 Å². The van der Waals surface area contributed by atoms with E-state index in [4.69, 9.17) is 4.74 Å². The van der Waals surface area contributed by atoms with Crippen molar-refractivity contribution in [3.8, 4) is 16.9 Å². The quantitative estimate of drug-likeness (QED) is 0.586. The molecule has 3 aromatic carbocycles. The molecule has 0 radical (unpaired) electrons. The summed E-state index contributed by atoms with van der Waals surface area (Å²) in [4.78, 5) is 14.7. The predicted molar refractivity (Wildman–Crippen MR) is 125 cm³/mol. The van der Waals surface area contributed by atoms with Gasteiger partial charge in [-0.1, -0.05) is 54.6 Å². The molecule has 0 aromatic heterocycles. The van der Waals surface area contributed by atoms with Crippen molar-refractivity contribution in [1.29, 1.82) is 0 Å². The number of benzene rings is 3. The fourth-order valence-electron chi connectivity index (χ4n) is 4.09. The van der Waals surface area contributed by atoms with Gasteiger partial charge in [-0.2, -0.15) is 0 Å². The van der Waals surface area contributed by atoms with Crippen molar-refractivity contribution in [3.05, 3.63) is 84.4 Å². The Labute approximate surface area is 184 Å². The number of piperidine rings is 1. The number of nitrogens with one attached hydrogen (secondary N) is 2. The van der Waals surface area contributed by atoms with Gasteiger partial charge in [-0.3, -0.25) is 4.90 Å². The van der Waals surface area contributed by atoms with Gasteiger partial charge in [0.05, 0.1) is 7.11 Å². The molecular weight excluding hydrogens is 386 g/mol. The maximum atomic E-state index is 12.2. The zero-order valence-corrected chi connectivity index (χ0v) is 17.9. The third-order valence-corrected chi connectivity index (χ3v) is 5.71. The molecule has 5 heteroatoms. The first-order valence-electron chi connectivity index (χ1n) is 10.8. The van der Waals surface area contributed by atoms with Crippen molar-refractivity contribution in [1.82, 2.24) is 10.2 Å². The highest BCUT2D eigenvalue weighted by atomic mass is 16.5. The first-order valence-corrected chi connectivity index (χ1v) is 10.8. The average molecular weight is 416 g/mol. The second kappa shape index (κ2) is 10.1. The standard InChI is InChI=1S/C26H29N3O2/c1-31-25-13-6-5-12-24(25)21-9-7-8-20(18-21)19-29-16-14-23(15-17-29)28-26(30)27-22-10-3-2-4-11-22/h2-13,18,23H,14-17,19H2,1H3,(H2,27,28,30). The highest BCUT2D eigenvalue weighted by Gasteiger charge is 2.21. The van der Waals surface area contributed by atoms with E-state index in [1.165, 1.54) is 11.1 Å². The number of ether oxygens (including phenoxy) is 1. The number of urea groups is 1. The summed E-state index contributed by atoms with van der Waals surface area (Å²) in [5.74, 6) is 0.889. The summed E-state index contributed by atoms with van der Waals surface area (Å²) in [6.07, 6.45) is 1.91. The lowest BCUT2D eigenvalue weighted by molar-refractivity contribution is 0.190. The van der Waals surface area contributed by atoms with Gasteiger partial charge in [-0.05, 0) is 48.2 Å². The number of anilines is 1. The highest BCUT2D eigenvalue weighted by Crippen LogP contribution is 2.30. The number of likely N-dealkylation sites (tertiary alicyclic amines) is 1. The molecule has 1 fully saturated rings. The number of carbonyl (C=O) groups excluding carboxylic acids is 1. The number of hydrogen-bond acceptors (Lipinski definition) is 3. The third-order valence-electron chi connectivity index (χ3n) is 5.71. The van der Waals surface area contributed by atoms with Crippen LogP contribution in [0, 0.1) is 0 Å². The monoisotopic (exact) mass is 415 g/mol. The van der Waals surface area contributed by atoms with Crippen LogP contribution in [0.5, 0.6) is 5.75 Å². The lowest BCUT2D eigenvalue weighted by Crippen LogP contribution is -2.45. The number of hydrogen-bond donors (Lipinski definition) is 2. The molecule has 1 heterocycles. The Kier molecular flexibility index (Phi) is 6.85. The Balaban J connectivity index is 1.30. The predicted octanol–water partition coefficient (Wildman–Crippen LogP) is 5.15. The van der Waals surface area contributed by atoms with E-state index in [1.807, 2.05) is 48.5 Å². The van der Waals surface area contributed by atoms with Crippen LogP contribution in [0.15, 0.2) is 78.9 Å². The molecule has 160 valence electrons. The number of rotatable bonds is 6. The van der Waals surface area contributed by atoms with Crippen LogP contribution in [-0.4, -0.2) is 37.2 Å². The summed E-state index contributed by atoms with van der Waals surface area (Å²) in [6.45, 7) is 2.84. The Morgan fingerprint density at radius 2 is 1.71 bits per heavy atom. The van der Waals surface area contributed by atoms with Crippen LogP contribution in [0.3, 0.4) is 0 Å². The molecule has 1 aliphatic heterocycles. The van der Waals surface area contributed by atoms with Crippen molar-refractivity contribution in [2.75, 3.05) is 25.5 Å². The smallest absolute Gasteiger partial charge is 0.319 e. The lowest BCUT2D eigenvalue weighted by Gasteiger charge is -2.32. The summed E-state index contributed by atoms with van der Waals surface area (Å²) in [7, 11) is 1.71. The summed E-state index contributed by atoms with van der Waals surface area (Å²) in [5, 5.41) is 6.00. The van der Waals surface area contributed by atoms with E-state index in [2.05, 4.69) is 45.9 Å². The lowest BCUT2D eigenvalue weighted by atomic mass is 10.0. The van der Waals surface area contributed by atoms with E-state index >= 15 is 0 Å².